The van der Waals surface area contributed by atoms with Gasteiger partial charge in [0.1, 0.15) is 23.9 Å². The van der Waals surface area contributed by atoms with Crippen LogP contribution in [0.4, 0.5) is 0 Å². The number of allylic oxidation sites excluding steroid dienone is 2. The molecule has 4 rings (SSSR count). The first-order chi connectivity index (χ1) is 17.8. The summed E-state index contributed by atoms with van der Waals surface area (Å²) in [5.41, 5.74) is 5.82. The molecule has 2 aromatic carbocycles. The molecule has 0 saturated carbocycles. The zero-order valence-electron chi connectivity index (χ0n) is 22.7. The molecule has 0 aliphatic heterocycles. The minimum absolute atomic E-state index is 0.0737. The quantitative estimate of drug-likeness (QED) is 0.290. The molecule has 198 valence electrons. The lowest BCUT2D eigenvalue weighted by Gasteiger charge is -2.24. The van der Waals surface area contributed by atoms with Crippen LogP contribution in [0.5, 0.6) is 17.2 Å². The molecular weight excluding hydrogens is 484 g/mol. The van der Waals surface area contributed by atoms with E-state index in [4.69, 9.17) is 19.3 Å². The second kappa shape index (κ2) is 12.8. The number of benzene rings is 2. The van der Waals surface area contributed by atoms with Crippen molar-refractivity contribution in [2.45, 2.75) is 60.0 Å². The van der Waals surface area contributed by atoms with Crippen LogP contribution in [0.2, 0.25) is 0 Å². The van der Waals surface area contributed by atoms with E-state index in [-0.39, 0.29) is 11.8 Å². The van der Waals surface area contributed by atoms with E-state index < -0.39 is 5.97 Å². The average molecular weight is 523 g/mol. The number of thiophene rings is 1. The van der Waals surface area contributed by atoms with Crippen LogP contribution in [0.25, 0.3) is 16.0 Å². The van der Waals surface area contributed by atoms with Crippen LogP contribution < -0.4 is 14.2 Å². The molecule has 0 atom stereocenters. The predicted molar refractivity (Wildman–Crippen MR) is 152 cm³/mol. The van der Waals surface area contributed by atoms with Gasteiger partial charge in [0, 0.05) is 28.5 Å². The third kappa shape index (κ3) is 6.95. The van der Waals surface area contributed by atoms with Crippen molar-refractivity contribution in [3.63, 3.8) is 0 Å². The highest BCUT2D eigenvalue weighted by Gasteiger charge is 2.32. The summed E-state index contributed by atoms with van der Waals surface area (Å²) in [5.74, 6) is 1.46. The van der Waals surface area contributed by atoms with E-state index >= 15 is 0 Å². The molecule has 0 radical (unpaired) electrons. The van der Waals surface area contributed by atoms with Crippen LogP contribution in [-0.2, 0) is 17.8 Å². The molecule has 1 aromatic heterocycles. The highest BCUT2D eigenvalue weighted by Crippen LogP contribution is 2.50. The molecule has 0 amide bonds. The third-order valence-corrected chi connectivity index (χ3v) is 7.60. The maximum atomic E-state index is 10.9. The number of hydrogen-bond donors (Lipinski definition) is 1. The van der Waals surface area contributed by atoms with Crippen molar-refractivity contribution in [2.75, 3.05) is 14.2 Å². The number of ether oxygens (including phenoxy) is 3. The lowest BCUT2D eigenvalue weighted by atomic mass is 9.80. The number of carboxylic acid groups (broad SMARTS) is 1. The first kappa shape index (κ1) is 28.3. The largest absolute Gasteiger partial charge is 0.497 e. The van der Waals surface area contributed by atoms with E-state index in [1.54, 1.807) is 25.6 Å². The molecule has 3 aromatic rings. The molecule has 37 heavy (non-hydrogen) atoms. The van der Waals surface area contributed by atoms with Gasteiger partial charge in [-0.2, -0.15) is 0 Å². The van der Waals surface area contributed by atoms with Crippen LogP contribution in [0, 0.1) is 5.41 Å². The van der Waals surface area contributed by atoms with Crippen LogP contribution in [-0.4, -0.2) is 25.3 Å². The highest BCUT2D eigenvalue weighted by molar-refractivity contribution is 7.14. The molecule has 1 aliphatic rings. The Kier molecular flexibility index (Phi) is 9.81. The number of methoxy groups -OCH3 is 2. The van der Waals surface area contributed by atoms with Gasteiger partial charge in [-0.05, 0) is 71.0 Å². The van der Waals surface area contributed by atoms with Crippen LogP contribution in [0.3, 0.4) is 0 Å². The van der Waals surface area contributed by atoms with Crippen LogP contribution in [0.15, 0.2) is 53.9 Å². The number of hydrogen-bond acceptors (Lipinski definition) is 5. The Morgan fingerprint density at radius 1 is 1.03 bits per heavy atom. The predicted octanol–water partition coefficient (Wildman–Crippen LogP) is 8.26. The van der Waals surface area contributed by atoms with Crippen molar-refractivity contribution in [3.8, 4) is 27.7 Å². The van der Waals surface area contributed by atoms with Gasteiger partial charge in [0.15, 0.2) is 0 Å². The van der Waals surface area contributed by atoms with E-state index in [2.05, 4.69) is 37.4 Å². The van der Waals surface area contributed by atoms with Crippen molar-refractivity contribution in [3.05, 3.63) is 70.6 Å². The first-order valence-corrected chi connectivity index (χ1v) is 13.7. The summed E-state index contributed by atoms with van der Waals surface area (Å²) in [4.78, 5) is 12.1. The van der Waals surface area contributed by atoms with Gasteiger partial charge in [0.05, 0.1) is 14.2 Å². The molecule has 1 heterocycles. The molecular formula is C31H38O5S. The summed E-state index contributed by atoms with van der Waals surface area (Å²) in [6.07, 6.45) is 5.13. The highest BCUT2D eigenvalue weighted by atomic mass is 32.1. The summed E-state index contributed by atoms with van der Waals surface area (Å²) >= 11 is 1.71. The summed E-state index contributed by atoms with van der Waals surface area (Å²) < 4.78 is 17.3. The summed E-state index contributed by atoms with van der Waals surface area (Å²) in [5, 5.41) is 11.2. The third-order valence-electron chi connectivity index (χ3n) is 6.52. The van der Waals surface area contributed by atoms with Gasteiger partial charge in [-0.25, -0.2) is 0 Å². The molecule has 0 unspecified atom stereocenters. The van der Waals surface area contributed by atoms with Crippen molar-refractivity contribution in [2.24, 2.45) is 5.41 Å². The van der Waals surface area contributed by atoms with Crippen molar-refractivity contribution in [1.82, 2.24) is 0 Å². The van der Waals surface area contributed by atoms with E-state index in [9.17, 15) is 4.79 Å². The Bertz CT molecular complexity index is 1220. The Morgan fingerprint density at radius 2 is 1.73 bits per heavy atom. The monoisotopic (exact) mass is 522 g/mol. The van der Waals surface area contributed by atoms with Gasteiger partial charge in [0.25, 0.3) is 0 Å². The van der Waals surface area contributed by atoms with Crippen molar-refractivity contribution >= 4 is 22.9 Å². The second-order valence-electron chi connectivity index (χ2n) is 9.44. The van der Waals surface area contributed by atoms with Gasteiger partial charge in [-0.1, -0.05) is 45.9 Å². The van der Waals surface area contributed by atoms with Crippen LogP contribution >= 0.6 is 11.3 Å². The van der Waals surface area contributed by atoms with Gasteiger partial charge >= 0.3 is 5.97 Å². The molecule has 6 heteroatoms. The smallest absolute Gasteiger partial charge is 0.303 e. The molecule has 5 nitrogen and oxygen atoms in total. The fourth-order valence-electron chi connectivity index (χ4n) is 4.58. The minimum atomic E-state index is -0.798. The fourth-order valence-corrected chi connectivity index (χ4v) is 5.64. The average Bonchev–Trinajstić information content (AvgIpc) is 3.48. The topological polar surface area (TPSA) is 65.0 Å². The number of rotatable bonds is 10. The zero-order chi connectivity index (χ0) is 27.0. The van der Waals surface area contributed by atoms with Crippen molar-refractivity contribution in [1.29, 1.82) is 0 Å². The van der Waals surface area contributed by atoms with E-state index in [0.29, 0.717) is 13.0 Å². The number of aryl methyl sites for hydroxylation is 1. The Labute approximate surface area is 224 Å². The van der Waals surface area contributed by atoms with Gasteiger partial charge in [0.2, 0.25) is 0 Å². The minimum Gasteiger partial charge on any atom is -0.497 e. The Morgan fingerprint density at radius 3 is 2.32 bits per heavy atom. The van der Waals surface area contributed by atoms with Gasteiger partial charge in [-0.15, -0.1) is 11.3 Å². The summed E-state index contributed by atoms with van der Waals surface area (Å²) in [6, 6.07) is 13.7. The first-order valence-electron chi connectivity index (χ1n) is 12.8. The standard InChI is InChI=1S/C29H32O5S.C2H6/c1-29(2)12-6-9-25(29)27-21(17-34-22-8-5-7-19(13-22)10-11-26(30)31)18-35-28(27)20-14-23(32-3)16-24(15-20)33-4;1-2/h5,7-9,13-16,18H,6,10-12,17H2,1-4H3,(H,30,31);1-2H3. The maximum absolute atomic E-state index is 10.9. The van der Waals surface area contributed by atoms with Crippen molar-refractivity contribution < 1.29 is 24.1 Å². The summed E-state index contributed by atoms with van der Waals surface area (Å²) in [7, 11) is 3.33. The normalized spacial score (nSPS) is 13.8. The molecule has 0 fully saturated rings. The number of aliphatic carboxylic acids is 1. The number of carboxylic acids is 1. The SMILES string of the molecule is CC.COc1cc(OC)cc(-c2scc(COc3cccc(CCC(=O)O)c3)c2C2=CCCC2(C)C)c1. The Hall–Kier alpha value is -3.25. The lowest BCUT2D eigenvalue weighted by molar-refractivity contribution is -0.136. The number of carbonyl (C=O) groups is 1. The maximum Gasteiger partial charge on any atom is 0.303 e. The van der Waals surface area contributed by atoms with Gasteiger partial charge in [-0.3, -0.25) is 4.79 Å². The van der Waals surface area contributed by atoms with Crippen LogP contribution in [0.1, 0.15) is 63.6 Å². The lowest BCUT2D eigenvalue weighted by Crippen LogP contribution is -2.11. The van der Waals surface area contributed by atoms with Gasteiger partial charge < -0.3 is 19.3 Å². The molecule has 0 bridgehead atoms. The molecule has 0 saturated heterocycles. The molecule has 1 aliphatic carbocycles. The summed E-state index contributed by atoms with van der Waals surface area (Å²) in [6.45, 7) is 9.04. The zero-order valence-corrected chi connectivity index (χ0v) is 23.5. The van der Waals surface area contributed by atoms with E-state index in [0.717, 1.165) is 46.8 Å². The Balaban J connectivity index is 0.00000186. The second-order valence-corrected chi connectivity index (χ2v) is 10.3. The van der Waals surface area contributed by atoms with E-state index in [1.165, 1.54) is 16.0 Å². The molecule has 0 spiro atoms. The molecule has 1 N–H and O–H groups in total. The van der Waals surface area contributed by atoms with E-state index in [1.807, 2.05) is 44.2 Å². The fraction of sp³-hybridized carbons (Fsp3) is 0.387.